The SMILES string of the molecule is CC1(C)C(=O)N(c2cc(C(F)(F)F)c(C#N)cc2F)C(=S)N1c1ccc2c(c1)SCC(CO)O2. The molecule has 1 unspecified atom stereocenters. The second-order valence-electron chi connectivity index (χ2n) is 8.14. The van der Waals surface area contributed by atoms with Crippen LogP contribution >= 0.6 is 24.0 Å². The molecule has 0 radical (unpaired) electrons. The summed E-state index contributed by atoms with van der Waals surface area (Å²) in [5.74, 6) is -0.862. The van der Waals surface area contributed by atoms with Crippen molar-refractivity contribution in [2.45, 2.75) is 36.6 Å². The largest absolute Gasteiger partial charge is 0.486 e. The van der Waals surface area contributed by atoms with Gasteiger partial charge in [0.1, 0.15) is 23.2 Å². The van der Waals surface area contributed by atoms with Gasteiger partial charge in [0.2, 0.25) is 0 Å². The number of carbonyl (C=O) groups is 1. The zero-order chi connectivity index (χ0) is 25.0. The van der Waals surface area contributed by atoms with E-state index in [-0.39, 0.29) is 17.8 Å². The van der Waals surface area contributed by atoms with E-state index in [0.29, 0.717) is 29.3 Å². The lowest BCUT2D eigenvalue weighted by Crippen LogP contribution is -2.44. The van der Waals surface area contributed by atoms with E-state index in [4.69, 9.17) is 22.2 Å². The van der Waals surface area contributed by atoms with Crippen molar-refractivity contribution in [3.8, 4) is 11.8 Å². The van der Waals surface area contributed by atoms with Crippen LogP contribution < -0.4 is 14.5 Å². The highest BCUT2D eigenvalue weighted by molar-refractivity contribution is 7.99. The van der Waals surface area contributed by atoms with Crippen molar-refractivity contribution >= 4 is 46.4 Å². The number of anilines is 2. The third kappa shape index (κ3) is 3.87. The second-order valence-corrected chi connectivity index (χ2v) is 9.57. The zero-order valence-electron chi connectivity index (χ0n) is 17.8. The molecule has 0 saturated carbocycles. The maximum absolute atomic E-state index is 14.8. The number of amides is 1. The first-order valence-electron chi connectivity index (χ1n) is 9.94. The number of ether oxygens (including phenoxy) is 1. The monoisotopic (exact) mass is 511 g/mol. The van der Waals surface area contributed by atoms with Gasteiger partial charge in [-0.05, 0) is 56.4 Å². The van der Waals surface area contributed by atoms with Crippen molar-refractivity contribution in [3.63, 3.8) is 0 Å². The molecule has 2 heterocycles. The molecule has 2 aromatic rings. The fraction of sp³-hybridized carbons (Fsp3) is 0.318. The Morgan fingerprint density at radius 2 is 2.03 bits per heavy atom. The van der Waals surface area contributed by atoms with Gasteiger partial charge in [-0.1, -0.05) is 0 Å². The summed E-state index contributed by atoms with van der Waals surface area (Å²) in [6.07, 6.45) is -5.29. The van der Waals surface area contributed by atoms with Crippen LogP contribution in [0.3, 0.4) is 0 Å². The van der Waals surface area contributed by atoms with Crippen molar-refractivity contribution in [3.05, 3.63) is 47.3 Å². The topological polar surface area (TPSA) is 76.8 Å². The van der Waals surface area contributed by atoms with Gasteiger partial charge in [0.15, 0.2) is 5.11 Å². The number of benzene rings is 2. The van der Waals surface area contributed by atoms with Crippen LogP contribution in [0.2, 0.25) is 0 Å². The van der Waals surface area contributed by atoms with Crippen LogP contribution in [-0.2, 0) is 11.0 Å². The van der Waals surface area contributed by atoms with E-state index in [9.17, 15) is 27.5 Å². The first-order chi connectivity index (χ1) is 15.9. The summed E-state index contributed by atoms with van der Waals surface area (Å²) in [6, 6.07) is 7.21. The number of nitriles is 1. The summed E-state index contributed by atoms with van der Waals surface area (Å²) < 4.78 is 61.0. The van der Waals surface area contributed by atoms with Crippen molar-refractivity contribution in [1.29, 1.82) is 5.26 Å². The van der Waals surface area contributed by atoms with Crippen molar-refractivity contribution in [1.82, 2.24) is 0 Å². The molecule has 1 fully saturated rings. The van der Waals surface area contributed by atoms with Gasteiger partial charge in [-0.2, -0.15) is 18.4 Å². The molecule has 1 atom stereocenters. The second kappa shape index (κ2) is 8.41. The summed E-state index contributed by atoms with van der Waals surface area (Å²) in [7, 11) is 0. The zero-order valence-corrected chi connectivity index (χ0v) is 19.4. The fourth-order valence-corrected chi connectivity index (χ4v) is 5.35. The van der Waals surface area contributed by atoms with Gasteiger partial charge >= 0.3 is 6.18 Å². The molecule has 12 heteroatoms. The fourth-order valence-electron chi connectivity index (χ4n) is 3.83. The summed E-state index contributed by atoms with van der Waals surface area (Å²) in [5.41, 5.74) is -3.82. The molecule has 1 N–H and O–H groups in total. The molecule has 4 rings (SSSR count). The van der Waals surface area contributed by atoms with E-state index in [1.54, 1.807) is 18.2 Å². The normalized spacial score (nSPS) is 19.6. The molecule has 1 amide bonds. The summed E-state index contributed by atoms with van der Waals surface area (Å²) in [6.45, 7) is 2.91. The number of hydrogen-bond donors (Lipinski definition) is 1. The van der Waals surface area contributed by atoms with Gasteiger partial charge in [-0.15, -0.1) is 11.8 Å². The molecule has 6 nitrogen and oxygen atoms in total. The van der Waals surface area contributed by atoms with Crippen LogP contribution in [0.25, 0.3) is 0 Å². The number of aliphatic hydroxyl groups excluding tert-OH is 1. The molecule has 0 aliphatic carbocycles. The maximum Gasteiger partial charge on any atom is 0.417 e. The average molecular weight is 512 g/mol. The number of nitrogens with zero attached hydrogens (tertiary/aromatic N) is 3. The highest BCUT2D eigenvalue weighted by atomic mass is 32.2. The minimum atomic E-state index is -4.94. The highest BCUT2D eigenvalue weighted by Crippen LogP contribution is 2.43. The summed E-state index contributed by atoms with van der Waals surface area (Å²) >= 11 is 6.88. The van der Waals surface area contributed by atoms with Gasteiger partial charge in [0, 0.05) is 11.4 Å². The van der Waals surface area contributed by atoms with Crippen LogP contribution in [0.5, 0.6) is 5.75 Å². The van der Waals surface area contributed by atoms with E-state index >= 15 is 0 Å². The van der Waals surface area contributed by atoms with Gasteiger partial charge in [0.25, 0.3) is 5.91 Å². The molecule has 0 aromatic heterocycles. The lowest BCUT2D eigenvalue weighted by atomic mass is 10.0. The van der Waals surface area contributed by atoms with E-state index in [0.717, 1.165) is 9.80 Å². The number of alkyl halides is 3. The Hall–Kier alpha value is -2.88. The Balaban J connectivity index is 1.78. The van der Waals surface area contributed by atoms with Crippen LogP contribution in [0.15, 0.2) is 35.2 Å². The third-order valence-corrected chi connectivity index (χ3v) is 7.06. The molecule has 34 heavy (non-hydrogen) atoms. The first kappa shape index (κ1) is 24.3. The van der Waals surface area contributed by atoms with E-state index < -0.39 is 40.3 Å². The van der Waals surface area contributed by atoms with Crippen molar-refractivity contribution in [2.24, 2.45) is 0 Å². The number of halogens is 4. The Bertz CT molecular complexity index is 1240. The van der Waals surface area contributed by atoms with E-state index in [1.165, 1.54) is 36.6 Å². The molecular formula is C22H17F4N3O3S2. The van der Waals surface area contributed by atoms with Crippen LogP contribution in [-0.4, -0.2) is 40.1 Å². The number of rotatable bonds is 3. The van der Waals surface area contributed by atoms with Gasteiger partial charge in [-0.25, -0.2) is 4.39 Å². The standard InChI is InChI=1S/C22H17F4N3O3S2/c1-21(2)19(31)28(16-7-14(22(24,25)26)11(8-27)5-15(16)23)20(33)29(21)12-3-4-17-18(6-12)34-10-13(9-30)32-17/h3-7,13,30H,9-10H2,1-2H3. The van der Waals surface area contributed by atoms with Crippen molar-refractivity contribution < 1.29 is 32.2 Å². The van der Waals surface area contributed by atoms with Gasteiger partial charge < -0.3 is 14.7 Å². The summed E-state index contributed by atoms with van der Waals surface area (Å²) in [5, 5.41) is 18.1. The van der Waals surface area contributed by atoms with Crippen molar-refractivity contribution in [2.75, 3.05) is 22.2 Å². The maximum atomic E-state index is 14.8. The predicted molar refractivity (Wildman–Crippen MR) is 121 cm³/mol. The molecular weight excluding hydrogens is 494 g/mol. The number of thioether (sulfide) groups is 1. The molecule has 1 saturated heterocycles. The number of carbonyl (C=O) groups excluding carboxylic acids is 1. The molecule has 2 aliphatic heterocycles. The smallest absolute Gasteiger partial charge is 0.417 e. The van der Waals surface area contributed by atoms with E-state index in [1.807, 2.05) is 0 Å². The Morgan fingerprint density at radius 1 is 1.32 bits per heavy atom. The number of thiocarbonyl (C=S) groups is 1. The molecule has 2 aromatic carbocycles. The van der Waals surface area contributed by atoms with Crippen LogP contribution in [0.1, 0.15) is 25.0 Å². The van der Waals surface area contributed by atoms with Crippen LogP contribution in [0.4, 0.5) is 28.9 Å². The minimum absolute atomic E-state index is 0.142. The van der Waals surface area contributed by atoms with Gasteiger partial charge in [-0.3, -0.25) is 9.69 Å². The highest BCUT2D eigenvalue weighted by Gasteiger charge is 2.51. The first-order valence-corrected chi connectivity index (χ1v) is 11.3. The van der Waals surface area contributed by atoms with Crippen LogP contribution in [0, 0.1) is 17.1 Å². The number of hydrogen-bond acceptors (Lipinski definition) is 6. The lowest BCUT2D eigenvalue weighted by molar-refractivity contribution is -0.137. The summed E-state index contributed by atoms with van der Waals surface area (Å²) in [4.78, 5) is 16.2. The Morgan fingerprint density at radius 3 is 2.65 bits per heavy atom. The average Bonchev–Trinajstić information content (AvgIpc) is 2.95. The van der Waals surface area contributed by atoms with E-state index in [2.05, 4.69) is 0 Å². The Labute approximate surface area is 201 Å². The predicted octanol–water partition coefficient (Wildman–Crippen LogP) is 4.48. The van der Waals surface area contributed by atoms with Gasteiger partial charge in [0.05, 0.1) is 34.4 Å². The molecule has 0 bridgehead atoms. The molecule has 2 aliphatic rings. The number of aliphatic hydroxyl groups is 1. The lowest BCUT2D eigenvalue weighted by Gasteiger charge is -2.31. The quantitative estimate of drug-likeness (QED) is 0.481. The molecule has 0 spiro atoms. The Kier molecular flexibility index (Phi) is 6.00. The molecule has 178 valence electrons. The number of fused-ring (bicyclic) bond motifs is 1. The minimum Gasteiger partial charge on any atom is -0.486 e. The third-order valence-electron chi connectivity index (χ3n) is 5.53.